The van der Waals surface area contributed by atoms with E-state index >= 15 is 0 Å². The predicted molar refractivity (Wildman–Crippen MR) is 55.6 cm³/mol. The molecule has 0 spiro atoms. The Bertz CT molecular complexity index is 146. The third kappa shape index (κ3) is 9.50. The standard InChI is InChI=1S/C10H22N2O/c1-8(2)12-6-4-5-10(11)7-9(3)13/h8,10,12H,4-7,11H2,1-3H3. The first kappa shape index (κ1) is 12.6. The molecule has 0 aliphatic carbocycles. The van der Waals surface area contributed by atoms with Crippen LogP contribution in [0.1, 0.15) is 40.0 Å². The second-order valence-electron chi connectivity index (χ2n) is 3.92. The van der Waals surface area contributed by atoms with E-state index in [0.717, 1.165) is 19.4 Å². The van der Waals surface area contributed by atoms with E-state index in [0.29, 0.717) is 12.5 Å². The van der Waals surface area contributed by atoms with E-state index in [-0.39, 0.29) is 11.8 Å². The number of hydrogen-bond acceptors (Lipinski definition) is 3. The lowest BCUT2D eigenvalue weighted by Gasteiger charge is -2.11. The zero-order valence-electron chi connectivity index (χ0n) is 8.97. The van der Waals surface area contributed by atoms with Crippen molar-refractivity contribution in [2.75, 3.05) is 6.54 Å². The summed E-state index contributed by atoms with van der Waals surface area (Å²) in [7, 11) is 0. The number of carbonyl (C=O) groups excluding carboxylic acids is 1. The third-order valence-electron chi connectivity index (χ3n) is 1.85. The molecule has 0 aliphatic rings. The molecular weight excluding hydrogens is 164 g/mol. The molecule has 3 nitrogen and oxygen atoms in total. The molecule has 0 fully saturated rings. The van der Waals surface area contributed by atoms with Crippen LogP contribution >= 0.6 is 0 Å². The smallest absolute Gasteiger partial charge is 0.131 e. The molecule has 0 aromatic rings. The van der Waals surface area contributed by atoms with Gasteiger partial charge in [0.25, 0.3) is 0 Å². The highest BCUT2D eigenvalue weighted by Gasteiger charge is 2.04. The Balaban J connectivity index is 3.26. The maximum atomic E-state index is 10.7. The van der Waals surface area contributed by atoms with Gasteiger partial charge in [-0.05, 0) is 26.3 Å². The van der Waals surface area contributed by atoms with Crippen LogP contribution in [0.25, 0.3) is 0 Å². The van der Waals surface area contributed by atoms with Gasteiger partial charge in [-0.25, -0.2) is 0 Å². The highest BCUT2D eigenvalue weighted by molar-refractivity contribution is 5.76. The van der Waals surface area contributed by atoms with Crippen molar-refractivity contribution in [2.45, 2.75) is 52.1 Å². The quantitative estimate of drug-likeness (QED) is 0.585. The first-order valence-corrected chi connectivity index (χ1v) is 5.00. The van der Waals surface area contributed by atoms with Gasteiger partial charge in [0.15, 0.2) is 0 Å². The van der Waals surface area contributed by atoms with E-state index in [2.05, 4.69) is 19.2 Å². The number of nitrogens with one attached hydrogen (secondary N) is 1. The number of rotatable bonds is 7. The van der Waals surface area contributed by atoms with Gasteiger partial charge in [0.05, 0.1) is 0 Å². The van der Waals surface area contributed by atoms with Gasteiger partial charge in [0.1, 0.15) is 5.78 Å². The molecule has 3 heteroatoms. The van der Waals surface area contributed by atoms with Gasteiger partial charge in [0, 0.05) is 18.5 Å². The highest BCUT2D eigenvalue weighted by atomic mass is 16.1. The second-order valence-corrected chi connectivity index (χ2v) is 3.92. The third-order valence-corrected chi connectivity index (χ3v) is 1.85. The fourth-order valence-electron chi connectivity index (χ4n) is 1.23. The van der Waals surface area contributed by atoms with Gasteiger partial charge >= 0.3 is 0 Å². The average molecular weight is 186 g/mol. The number of Topliss-reactive ketones (excluding diaryl/α,β-unsaturated/α-hetero) is 1. The maximum absolute atomic E-state index is 10.7. The molecule has 3 N–H and O–H groups in total. The summed E-state index contributed by atoms with van der Waals surface area (Å²) in [5.74, 6) is 0.185. The van der Waals surface area contributed by atoms with Crippen LogP contribution in [0.15, 0.2) is 0 Å². The van der Waals surface area contributed by atoms with Crippen LogP contribution in [0.2, 0.25) is 0 Å². The van der Waals surface area contributed by atoms with Gasteiger partial charge in [-0.1, -0.05) is 13.8 Å². The molecule has 0 amide bonds. The molecule has 0 heterocycles. The molecule has 13 heavy (non-hydrogen) atoms. The van der Waals surface area contributed by atoms with Crippen molar-refractivity contribution in [3.8, 4) is 0 Å². The fourth-order valence-corrected chi connectivity index (χ4v) is 1.23. The Labute approximate surface area is 81.1 Å². The molecule has 78 valence electrons. The number of hydrogen-bond donors (Lipinski definition) is 2. The summed E-state index contributed by atoms with van der Waals surface area (Å²) in [5.41, 5.74) is 5.74. The second kappa shape index (κ2) is 7.04. The summed E-state index contributed by atoms with van der Waals surface area (Å²) >= 11 is 0. The van der Waals surface area contributed by atoms with Crippen LogP contribution in [-0.2, 0) is 4.79 Å². The van der Waals surface area contributed by atoms with Crippen molar-refractivity contribution < 1.29 is 4.79 Å². The van der Waals surface area contributed by atoms with E-state index in [1.54, 1.807) is 6.92 Å². The van der Waals surface area contributed by atoms with Gasteiger partial charge < -0.3 is 11.1 Å². The normalized spacial score (nSPS) is 13.3. The Morgan fingerprint density at radius 1 is 1.46 bits per heavy atom. The van der Waals surface area contributed by atoms with Crippen LogP contribution < -0.4 is 11.1 Å². The van der Waals surface area contributed by atoms with E-state index in [9.17, 15) is 4.79 Å². The molecule has 0 saturated carbocycles. The van der Waals surface area contributed by atoms with E-state index in [1.165, 1.54) is 0 Å². The van der Waals surface area contributed by atoms with Crippen molar-refractivity contribution in [1.29, 1.82) is 0 Å². The maximum Gasteiger partial charge on any atom is 0.131 e. The molecule has 0 aliphatic heterocycles. The summed E-state index contributed by atoms with van der Waals surface area (Å²) in [6.45, 7) is 6.82. The van der Waals surface area contributed by atoms with Crippen LogP contribution in [0.4, 0.5) is 0 Å². The molecule has 0 radical (unpaired) electrons. The first-order valence-electron chi connectivity index (χ1n) is 5.00. The van der Waals surface area contributed by atoms with Gasteiger partial charge in [-0.15, -0.1) is 0 Å². The lowest BCUT2D eigenvalue weighted by atomic mass is 10.1. The van der Waals surface area contributed by atoms with Crippen molar-refractivity contribution in [1.82, 2.24) is 5.32 Å². The zero-order chi connectivity index (χ0) is 10.3. The van der Waals surface area contributed by atoms with Crippen LogP contribution in [0, 0.1) is 0 Å². The number of carbonyl (C=O) groups is 1. The zero-order valence-corrected chi connectivity index (χ0v) is 8.97. The summed E-state index contributed by atoms with van der Waals surface area (Å²) in [6.07, 6.45) is 2.49. The summed E-state index contributed by atoms with van der Waals surface area (Å²) < 4.78 is 0. The lowest BCUT2D eigenvalue weighted by molar-refractivity contribution is -0.117. The molecule has 0 saturated heterocycles. The minimum atomic E-state index is 0.0477. The Kier molecular flexibility index (Phi) is 6.82. The number of ketones is 1. The Hall–Kier alpha value is -0.410. The predicted octanol–water partition coefficient (Wildman–Crippen LogP) is 1.07. The summed E-state index contributed by atoms with van der Waals surface area (Å²) in [5, 5.41) is 3.31. The fraction of sp³-hybridized carbons (Fsp3) is 0.900. The first-order chi connectivity index (χ1) is 6.02. The van der Waals surface area contributed by atoms with Crippen molar-refractivity contribution in [3.63, 3.8) is 0 Å². The summed E-state index contributed by atoms with van der Waals surface area (Å²) in [4.78, 5) is 10.7. The Morgan fingerprint density at radius 3 is 2.54 bits per heavy atom. The molecular formula is C10H22N2O. The monoisotopic (exact) mass is 186 g/mol. The molecule has 0 aromatic carbocycles. The van der Waals surface area contributed by atoms with Crippen molar-refractivity contribution >= 4 is 5.78 Å². The minimum absolute atomic E-state index is 0.0477. The highest BCUT2D eigenvalue weighted by Crippen LogP contribution is 1.99. The Morgan fingerprint density at radius 2 is 2.08 bits per heavy atom. The minimum Gasteiger partial charge on any atom is -0.327 e. The van der Waals surface area contributed by atoms with Gasteiger partial charge in [0.2, 0.25) is 0 Å². The van der Waals surface area contributed by atoms with E-state index < -0.39 is 0 Å². The topological polar surface area (TPSA) is 55.1 Å². The van der Waals surface area contributed by atoms with Gasteiger partial charge in [-0.2, -0.15) is 0 Å². The largest absolute Gasteiger partial charge is 0.327 e. The van der Waals surface area contributed by atoms with E-state index in [4.69, 9.17) is 5.73 Å². The molecule has 0 bridgehead atoms. The van der Waals surface area contributed by atoms with Crippen LogP contribution in [-0.4, -0.2) is 24.4 Å². The van der Waals surface area contributed by atoms with Crippen molar-refractivity contribution in [2.24, 2.45) is 5.73 Å². The van der Waals surface area contributed by atoms with E-state index in [1.807, 2.05) is 0 Å². The molecule has 1 unspecified atom stereocenters. The number of nitrogens with two attached hydrogens (primary N) is 1. The average Bonchev–Trinajstić information content (AvgIpc) is 1.96. The van der Waals surface area contributed by atoms with Crippen LogP contribution in [0.5, 0.6) is 0 Å². The molecule has 0 aromatic heterocycles. The summed E-state index contributed by atoms with van der Waals surface area (Å²) in [6, 6.07) is 0.579. The SMILES string of the molecule is CC(=O)CC(N)CCCNC(C)C. The van der Waals surface area contributed by atoms with Crippen molar-refractivity contribution in [3.05, 3.63) is 0 Å². The molecule has 1 atom stereocenters. The lowest BCUT2D eigenvalue weighted by Crippen LogP contribution is -2.27. The van der Waals surface area contributed by atoms with Gasteiger partial charge in [-0.3, -0.25) is 4.79 Å². The molecule has 0 rings (SSSR count). The van der Waals surface area contributed by atoms with Crippen LogP contribution in [0.3, 0.4) is 0 Å².